The number of amides is 2. The van der Waals surface area contributed by atoms with E-state index in [-0.39, 0.29) is 11.8 Å². The number of nitrogens with zero attached hydrogens (tertiary/aromatic N) is 3. The highest BCUT2D eigenvalue weighted by atomic mass is 32.1. The predicted octanol–water partition coefficient (Wildman–Crippen LogP) is 4.50. The highest BCUT2D eigenvalue weighted by molar-refractivity contribution is 7.09. The molecular formula is C25H27N3O2S. The van der Waals surface area contributed by atoms with Gasteiger partial charge in [-0.1, -0.05) is 35.9 Å². The van der Waals surface area contributed by atoms with Crippen molar-refractivity contribution in [3.8, 4) is 0 Å². The average Bonchev–Trinajstić information content (AvgIpc) is 3.39. The summed E-state index contributed by atoms with van der Waals surface area (Å²) in [6, 6.07) is 15.2. The van der Waals surface area contributed by atoms with Crippen LogP contribution in [0.5, 0.6) is 0 Å². The second-order valence-electron chi connectivity index (χ2n) is 8.05. The summed E-state index contributed by atoms with van der Waals surface area (Å²) in [5, 5.41) is 0. The lowest BCUT2D eigenvalue weighted by atomic mass is 10.1. The lowest BCUT2D eigenvalue weighted by Gasteiger charge is -2.18. The molecule has 2 heterocycles. The van der Waals surface area contributed by atoms with Crippen LogP contribution in [0.1, 0.15) is 55.3 Å². The maximum Gasteiger partial charge on any atom is 0.279 e. The van der Waals surface area contributed by atoms with Crippen molar-refractivity contribution in [3.63, 3.8) is 0 Å². The first-order valence-electron chi connectivity index (χ1n) is 10.6. The molecule has 31 heavy (non-hydrogen) atoms. The van der Waals surface area contributed by atoms with E-state index in [0.717, 1.165) is 53.2 Å². The molecule has 0 saturated carbocycles. The topological polar surface area (TPSA) is 54.7 Å². The molecule has 0 aliphatic carbocycles. The van der Waals surface area contributed by atoms with E-state index in [1.807, 2.05) is 78.8 Å². The summed E-state index contributed by atoms with van der Waals surface area (Å²) >= 11 is 1.51. The number of carbonyl (C=O) groups is 2. The van der Waals surface area contributed by atoms with Crippen LogP contribution >= 0.6 is 11.3 Å². The van der Waals surface area contributed by atoms with Gasteiger partial charge in [-0.2, -0.15) is 4.99 Å². The summed E-state index contributed by atoms with van der Waals surface area (Å²) in [4.78, 5) is 34.0. The molecule has 0 bridgehead atoms. The normalized spacial score (nSPS) is 14.3. The molecule has 0 atom stereocenters. The third-order valence-corrected chi connectivity index (χ3v) is 6.95. The highest BCUT2D eigenvalue weighted by Crippen LogP contribution is 2.19. The summed E-state index contributed by atoms with van der Waals surface area (Å²) in [6.45, 7) is 8.21. The van der Waals surface area contributed by atoms with E-state index in [2.05, 4.69) is 4.99 Å². The fourth-order valence-electron chi connectivity index (χ4n) is 3.84. The second kappa shape index (κ2) is 9.02. The van der Waals surface area contributed by atoms with E-state index >= 15 is 0 Å². The van der Waals surface area contributed by atoms with Gasteiger partial charge in [0.15, 0.2) is 4.80 Å². The van der Waals surface area contributed by atoms with Crippen molar-refractivity contribution in [1.29, 1.82) is 0 Å². The minimum absolute atomic E-state index is 0.0903. The molecule has 2 amide bonds. The monoisotopic (exact) mass is 433 g/mol. The number of thiazole rings is 1. The summed E-state index contributed by atoms with van der Waals surface area (Å²) in [5.41, 5.74) is 4.42. The Morgan fingerprint density at radius 1 is 0.968 bits per heavy atom. The van der Waals surface area contributed by atoms with E-state index in [0.29, 0.717) is 16.9 Å². The Balaban J connectivity index is 1.70. The maximum absolute atomic E-state index is 13.1. The molecular weight excluding hydrogens is 406 g/mol. The SMILES string of the molecule is Cc1ccc(C(=O)N=c2sc(C)c(C)n2Cc2ccccc2C(=O)N2CCCC2)cc1. The minimum atomic E-state index is -0.253. The van der Waals surface area contributed by atoms with Crippen LogP contribution in [0, 0.1) is 20.8 Å². The Kier molecular flexibility index (Phi) is 6.18. The summed E-state index contributed by atoms with van der Waals surface area (Å²) < 4.78 is 2.04. The van der Waals surface area contributed by atoms with Crippen molar-refractivity contribution in [2.45, 2.75) is 40.2 Å². The second-order valence-corrected chi connectivity index (χ2v) is 9.23. The maximum atomic E-state index is 13.1. The third kappa shape index (κ3) is 4.54. The van der Waals surface area contributed by atoms with Crippen LogP contribution in [0.15, 0.2) is 53.5 Å². The molecule has 1 aliphatic heterocycles. The van der Waals surface area contributed by atoms with Crippen molar-refractivity contribution >= 4 is 23.2 Å². The molecule has 0 radical (unpaired) electrons. The van der Waals surface area contributed by atoms with E-state index in [4.69, 9.17) is 0 Å². The van der Waals surface area contributed by atoms with Crippen molar-refractivity contribution in [2.75, 3.05) is 13.1 Å². The van der Waals surface area contributed by atoms with Gasteiger partial charge in [0.1, 0.15) is 0 Å². The Morgan fingerprint density at radius 3 is 2.35 bits per heavy atom. The molecule has 1 saturated heterocycles. The van der Waals surface area contributed by atoms with Crippen molar-refractivity contribution < 1.29 is 9.59 Å². The fraction of sp³-hybridized carbons (Fsp3) is 0.320. The lowest BCUT2D eigenvalue weighted by Crippen LogP contribution is -2.29. The van der Waals surface area contributed by atoms with Crippen LogP contribution < -0.4 is 4.80 Å². The molecule has 1 fully saturated rings. The number of carbonyl (C=O) groups excluding carboxylic acids is 2. The number of aryl methyl sites for hydroxylation is 2. The molecule has 6 heteroatoms. The van der Waals surface area contributed by atoms with Crippen molar-refractivity contribution in [1.82, 2.24) is 9.47 Å². The Morgan fingerprint density at radius 2 is 1.65 bits per heavy atom. The van der Waals surface area contributed by atoms with Crippen LogP contribution in [0.25, 0.3) is 0 Å². The van der Waals surface area contributed by atoms with Gasteiger partial charge in [0.2, 0.25) is 0 Å². The number of benzene rings is 2. The predicted molar refractivity (Wildman–Crippen MR) is 124 cm³/mol. The van der Waals surface area contributed by atoms with E-state index in [1.54, 1.807) is 0 Å². The molecule has 160 valence electrons. The van der Waals surface area contributed by atoms with E-state index in [9.17, 15) is 9.59 Å². The Hall–Kier alpha value is -2.99. The zero-order chi connectivity index (χ0) is 22.0. The zero-order valence-corrected chi connectivity index (χ0v) is 19.0. The molecule has 0 N–H and O–H groups in total. The van der Waals surface area contributed by atoms with Gasteiger partial charge in [0, 0.05) is 34.8 Å². The van der Waals surface area contributed by atoms with Gasteiger partial charge in [0.25, 0.3) is 11.8 Å². The van der Waals surface area contributed by atoms with E-state index in [1.165, 1.54) is 11.3 Å². The molecule has 0 spiro atoms. The van der Waals surface area contributed by atoms with Gasteiger partial charge >= 0.3 is 0 Å². The number of hydrogen-bond acceptors (Lipinski definition) is 3. The third-order valence-electron chi connectivity index (χ3n) is 5.85. The van der Waals surface area contributed by atoms with Crippen molar-refractivity contribution in [3.05, 3.63) is 86.2 Å². The van der Waals surface area contributed by atoms with Crippen LogP contribution in [-0.2, 0) is 6.54 Å². The summed E-state index contributed by atoms with van der Waals surface area (Å²) in [7, 11) is 0. The summed E-state index contributed by atoms with van der Waals surface area (Å²) in [5.74, 6) is -0.163. The van der Waals surface area contributed by atoms with Gasteiger partial charge in [-0.05, 0) is 57.4 Å². The number of aromatic nitrogens is 1. The van der Waals surface area contributed by atoms with Gasteiger partial charge < -0.3 is 9.47 Å². The molecule has 0 unspecified atom stereocenters. The molecule has 1 aliphatic rings. The standard InChI is InChI=1S/C25H27N3O2S/c1-17-10-12-20(13-11-17)23(29)26-25-28(18(2)19(3)31-25)16-21-8-4-5-9-22(21)24(30)27-14-6-7-15-27/h4-5,8-13H,6-7,14-16H2,1-3H3. The van der Waals surface area contributed by atoms with Gasteiger partial charge in [-0.15, -0.1) is 11.3 Å². The smallest absolute Gasteiger partial charge is 0.279 e. The quantitative estimate of drug-likeness (QED) is 0.608. The molecule has 2 aromatic carbocycles. The molecule has 5 nitrogen and oxygen atoms in total. The van der Waals surface area contributed by atoms with Crippen LogP contribution in [-0.4, -0.2) is 34.4 Å². The molecule has 4 rings (SSSR count). The fourth-order valence-corrected chi connectivity index (χ4v) is 4.82. The largest absolute Gasteiger partial charge is 0.339 e. The first-order chi connectivity index (χ1) is 14.9. The van der Waals surface area contributed by atoms with Crippen LogP contribution in [0.3, 0.4) is 0 Å². The van der Waals surface area contributed by atoms with E-state index < -0.39 is 0 Å². The number of hydrogen-bond donors (Lipinski definition) is 0. The average molecular weight is 434 g/mol. The number of rotatable bonds is 4. The van der Waals surface area contributed by atoms with Gasteiger partial charge in [0.05, 0.1) is 6.54 Å². The lowest BCUT2D eigenvalue weighted by molar-refractivity contribution is 0.0791. The van der Waals surface area contributed by atoms with Crippen LogP contribution in [0.4, 0.5) is 0 Å². The summed E-state index contributed by atoms with van der Waals surface area (Å²) in [6.07, 6.45) is 2.13. The van der Waals surface area contributed by atoms with Gasteiger partial charge in [-0.25, -0.2) is 0 Å². The first kappa shape index (κ1) is 21.2. The zero-order valence-electron chi connectivity index (χ0n) is 18.2. The number of likely N-dealkylation sites (tertiary alicyclic amines) is 1. The molecule has 3 aromatic rings. The molecule has 1 aromatic heterocycles. The minimum Gasteiger partial charge on any atom is -0.339 e. The Bertz CT molecular complexity index is 1180. The highest BCUT2D eigenvalue weighted by Gasteiger charge is 2.22. The Labute approximate surface area is 186 Å². The van der Waals surface area contributed by atoms with Crippen molar-refractivity contribution in [2.24, 2.45) is 4.99 Å². The van der Waals surface area contributed by atoms with Gasteiger partial charge in [-0.3, -0.25) is 9.59 Å². The van der Waals surface area contributed by atoms with Crippen LogP contribution in [0.2, 0.25) is 0 Å². The first-order valence-corrected chi connectivity index (χ1v) is 11.5.